The summed E-state index contributed by atoms with van der Waals surface area (Å²) in [6.45, 7) is 10.9. The van der Waals surface area contributed by atoms with Crippen molar-refractivity contribution in [3.05, 3.63) is 12.2 Å². The first kappa shape index (κ1) is 17.9. The Kier molecular flexibility index (Phi) is 7.65. The van der Waals surface area contributed by atoms with Crippen molar-refractivity contribution in [2.45, 2.75) is 66.0 Å². The number of carbonyl (C=O) groups is 1. The molecule has 1 heterocycles. The molecule has 1 N–H and O–H groups in total. The number of amidine groups is 1. The molecule has 1 aliphatic rings. The summed E-state index contributed by atoms with van der Waals surface area (Å²) in [5.41, 5.74) is 0. The minimum Gasteiger partial charge on any atom is -0.307 e. The molecule has 4 nitrogen and oxygen atoms in total. The van der Waals surface area contributed by atoms with Crippen molar-refractivity contribution in [2.75, 3.05) is 19.6 Å². The number of hydrogen-bond donors (Lipinski definition) is 1. The van der Waals surface area contributed by atoms with Crippen molar-refractivity contribution < 1.29 is 9.28 Å². The van der Waals surface area contributed by atoms with E-state index in [1.54, 1.807) is 6.92 Å². The van der Waals surface area contributed by atoms with Gasteiger partial charge in [-0.15, -0.1) is 0 Å². The Morgan fingerprint density at radius 1 is 1.38 bits per heavy atom. The molecule has 4 heteroatoms. The number of rotatable bonds is 9. The van der Waals surface area contributed by atoms with E-state index in [-0.39, 0.29) is 12.1 Å². The lowest BCUT2D eigenvalue weighted by Crippen LogP contribution is -2.62. The second-order valence-electron chi connectivity index (χ2n) is 5.92. The first-order valence-corrected chi connectivity index (χ1v) is 8.39. The van der Waals surface area contributed by atoms with E-state index in [4.69, 9.17) is 4.99 Å². The molecule has 2 unspecified atom stereocenters. The van der Waals surface area contributed by atoms with E-state index in [2.05, 4.69) is 38.2 Å². The number of likely N-dealkylation sites (N-methyl/N-ethyl adjacent to an activating group) is 1. The average molecular weight is 294 g/mol. The number of amides is 1. The molecular weight excluding hydrogens is 262 g/mol. The molecule has 0 aromatic rings. The Bertz CT molecular complexity index is 389. The Hall–Kier alpha value is -1.16. The zero-order valence-electron chi connectivity index (χ0n) is 14.2. The highest BCUT2D eigenvalue weighted by Gasteiger charge is 2.41. The molecule has 0 aliphatic carbocycles. The molecule has 1 amide bonds. The Labute approximate surface area is 129 Å². The van der Waals surface area contributed by atoms with Crippen LogP contribution in [0.1, 0.15) is 59.8 Å². The molecule has 21 heavy (non-hydrogen) atoms. The fraction of sp³-hybridized carbons (Fsp3) is 0.765. The summed E-state index contributed by atoms with van der Waals surface area (Å²) in [7, 11) is 0. The average Bonchev–Trinajstić information content (AvgIpc) is 2.86. The zero-order valence-corrected chi connectivity index (χ0v) is 14.2. The van der Waals surface area contributed by atoms with Gasteiger partial charge in [-0.1, -0.05) is 31.9 Å². The summed E-state index contributed by atoms with van der Waals surface area (Å²) in [5.74, 6) is 1.25. The Morgan fingerprint density at radius 3 is 2.76 bits per heavy atom. The van der Waals surface area contributed by atoms with E-state index in [1.807, 2.05) is 0 Å². The van der Waals surface area contributed by atoms with Crippen LogP contribution in [0.2, 0.25) is 0 Å². The van der Waals surface area contributed by atoms with Crippen molar-refractivity contribution >= 4 is 11.7 Å². The van der Waals surface area contributed by atoms with E-state index in [1.165, 1.54) is 25.1 Å². The summed E-state index contributed by atoms with van der Waals surface area (Å²) in [4.78, 5) is 16.1. The molecule has 0 fully saturated rings. The monoisotopic (exact) mass is 294 g/mol. The molecule has 120 valence electrons. The highest BCUT2D eigenvalue weighted by molar-refractivity contribution is 5.79. The molecule has 0 spiro atoms. The molecule has 1 rings (SSSR count). The number of allylic oxidation sites excluding steroid dienone is 1. The van der Waals surface area contributed by atoms with Crippen LogP contribution >= 0.6 is 0 Å². The number of carbonyl (C=O) groups excluding carboxylic acids is 1. The van der Waals surface area contributed by atoms with Gasteiger partial charge in [-0.3, -0.25) is 9.28 Å². The molecule has 0 saturated carbocycles. The fourth-order valence-corrected chi connectivity index (χ4v) is 3.14. The lowest BCUT2D eigenvalue weighted by molar-refractivity contribution is -0.861. The highest BCUT2D eigenvalue weighted by atomic mass is 16.1. The zero-order chi connectivity index (χ0) is 15.7. The first-order chi connectivity index (χ1) is 10.1. The maximum atomic E-state index is 11.4. The molecule has 1 aliphatic heterocycles. The second-order valence-corrected chi connectivity index (χ2v) is 5.92. The van der Waals surface area contributed by atoms with Gasteiger partial charge < -0.3 is 5.32 Å². The summed E-state index contributed by atoms with van der Waals surface area (Å²) in [5, 5.41) is 3.05. The quantitative estimate of drug-likeness (QED) is 0.396. The van der Waals surface area contributed by atoms with E-state index in [9.17, 15) is 4.79 Å². The number of nitrogens with zero attached hydrogens (tertiary/aromatic N) is 2. The predicted octanol–water partition coefficient (Wildman–Crippen LogP) is 3.24. The van der Waals surface area contributed by atoms with Crippen LogP contribution in [0.25, 0.3) is 0 Å². The van der Waals surface area contributed by atoms with Crippen molar-refractivity contribution in [1.82, 2.24) is 5.32 Å². The van der Waals surface area contributed by atoms with Gasteiger partial charge in [0.1, 0.15) is 6.54 Å². The van der Waals surface area contributed by atoms with Crippen LogP contribution in [0.15, 0.2) is 17.1 Å². The lowest BCUT2D eigenvalue weighted by Gasteiger charge is -2.39. The Morgan fingerprint density at radius 2 is 2.14 bits per heavy atom. The van der Waals surface area contributed by atoms with Gasteiger partial charge in [0.05, 0.1) is 19.5 Å². The van der Waals surface area contributed by atoms with Gasteiger partial charge in [0.2, 0.25) is 11.7 Å². The van der Waals surface area contributed by atoms with E-state index < -0.39 is 0 Å². The van der Waals surface area contributed by atoms with E-state index in [0.717, 1.165) is 37.0 Å². The molecule has 0 saturated heterocycles. The number of aliphatic imine (C=N–C) groups is 1. The van der Waals surface area contributed by atoms with Crippen LogP contribution in [0.4, 0.5) is 0 Å². The molecule has 2 atom stereocenters. The third-order valence-corrected chi connectivity index (χ3v) is 4.47. The van der Waals surface area contributed by atoms with Crippen molar-refractivity contribution in [3.63, 3.8) is 0 Å². The van der Waals surface area contributed by atoms with Crippen molar-refractivity contribution in [1.29, 1.82) is 0 Å². The molecule has 0 aromatic heterocycles. The third kappa shape index (κ3) is 4.95. The van der Waals surface area contributed by atoms with Gasteiger partial charge in [0, 0.05) is 13.8 Å². The smallest absolute Gasteiger partial charge is 0.221 e. The minimum atomic E-state index is 0.0369. The topological polar surface area (TPSA) is 41.5 Å². The summed E-state index contributed by atoms with van der Waals surface area (Å²) < 4.78 is 0.804. The van der Waals surface area contributed by atoms with E-state index in [0.29, 0.717) is 0 Å². The van der Waals surface area contributed by atoms with Crippen LogP contribution < -0.4 is 5.32 Å². The normalized spacial score (nSPS) is 23.3. The number of unbranched alkanes of at least 4 members (excludes halogenated alkanes) is 3. The summed E-state index contributed by atoms with van der Waals surface area (Å²) >= 11 is 0. The van der Waals surface area contributed by atoms with Crippen molar-refractivity contribution in [2.24, 2.45) is 4.99 Å². The largest absolute Gasteiger partial charge is 0.307 e. The van der Waals surface area contributed by atoms with Gasteiger partial charge in [-0.05, 0) is 19.8 Å². The van der Waals surface area contributed by atoms with Crippen LogP contribution in [-0.4, -0.2) is 42.0 Å². The molecule has 0 radical (unpaired) electrons. The highest BCUT2D eigenvalue weighted by Crippen LogP contribution is 2.21. The maximum absolute atomic E-state index is 11.4. The molecular formula is C17H32N3O+. The van der Waals surface area contributed by atoms with Crippen LogP contribution in [-0.2, 0) is 4.79 Å². The second kappa shape index (κ2) is 8.98. The number of quaternary nitrogens is 1. The predicted molar refractivity (Wildman–Crippen MR) is 89.1 cm³/mol. The third-order valence-electron chi connectivity index (χ3n) is 4.47. The fourth-order valence-electron chi connectivity index (χ4n) is 3.14. The van der Waals surface area contributed by atoms with Gasteiger partial charge in [-0.2, -0.15) is 0 Å². The van der Waals surface area contributed by atoms with E-state index >= 15 is 0 Å². The van der Waals surface area contributed by atoms with Crippen molar-refractivity contribution in [3.8, 4) is 0 Å². The van der Waals surface area contributed by atoms with Gasteiger partial charge in [0.25, 0.3) is 0 Å². The minimum absolute atomic E-state index is 0.0369. The van der Waals surface area contributed by atoms with Gasteiger partial charge >= 0.3 is 0 Å². The summed E-state index contributed by atoms with van der Waals surface area (Å²) in [6.07, 6.45) is 10.5. The molecule has 0 bridgehead atoms. The molecule has 0 aromatic carbocycles. The number of nitrogens with one attached hydrogen (secondary N) is 1. The van der Waals surface area contributed by atoms with Crippen LogP contribution in [0.5, 0.6) is 0 Å². The van der Waals surface area contributed by atoms with Gasteiger partial charge in [0.15, 0.2) is 6.17 Å². The van der Waals surface area contributed by atoms with Crippen LogP contribution in [0, 0.1) is 0 Å². The summed E-state index contributed by atoms with van der Waals surface area (Å²) in [6, 6.07) is 0. The van der Waals surface area contributed by atoms with Crippen LogP contribution in [0.3, 0.4) is 0 Å². The number of hydrogen-bond acceptors (Lipinski definition) is 2. The maximum Gasteiger partial charge on any atom is 0.221 e. The van der Waals surface area contributed by atoms with Gasteiger partial charge in [-0.25, -0.2) is 4.99 Å². The standard InChI is InChI=1S/C17H31N3O/c1-5-7-8-9-10-11-12-17-18-13-14-20(17,6-2)15(3)19-16(4)21/h10-11,15H,5-9,12-14H2,1-4H3/p+1/b11-10+. The Balaban J connectivity index is 2.60. The SMILES string of the molecule is CCCCC/C=C/CC1=NCC[N+]1(CC)C(C)NC(C)=O. The first-order valence-electron chi connectivity index (χ1n) is 8.39. The lowest BCUT2D eigenvalue weighted by atomic mass is 10.1.